The highest BCUT2D eigenvalue weighted by molar-refractivity contribution is 5.76. The lowest BCUT2D eigenvalue weighted by molar-refractivity contribution is -0.120. The zero-order valence-electron chi connectivity index (χ0n) is 12.3. The number of methoxy groups -OCH3 is 1. The fourth-order valence-corrected chi connectivity index (χ4v) is 2.31. The molecule has 5 nitrogen and oxygen atoms in total. The fraction of sp³-hybridized carbons (Fsp3) is 0.438. The van der Waals surface area contributed by atoms with Crippen LogP contribution in [0.1, 0.15) is 17.5 Å². The molecule has 21 heavy (non-hydrogen) atoms. The third-order valence-electron chi connectivity index (χ3n) is 3.44. The molecular weight excluding hydrogens is 266 g/mol. The molecule has 112 valence electrons. The number of nitrogens with two attached hydrogens (primary N) is 1. The van der Waals surface area contributed by atoms with Crippen LogP contribution in [0.3, 0.4) is 0 Å². The molecule has 0 saturated carbocycles. The monoisotopic (exact) mass is 287 g/mol. The highest BCUT2D eigenvalue weighted by Crippen LogP contribution is 2.19. The summed E-state index contributed by atoms with van der Waals surface area (Å²) in [6.07, 6.45) is 0.535. The van der Waals surface area contributed by atoms with Crippen LogP contribution in [-0.2, 0) is 11.3 Å². The minimum atomic E-state index is 0.117. The van der Waals surface area contributed by atoms with E-state index >= 15 is 0 Å². The molecule has 1 aromatic carbocycles. The standard InChI is InChI=1S/C16H21N3O2/c1-21-15-5-4-13(3-2-7-17)14(11-15)12-19-9-6-16(20)18-8-10-19/h4-5,11H,6-10,12,17H2,1H3,(H,18,20). The molecule has 1 saturated heterocycles. The van der Waals surface area contributed by atoms with Gasteiger partial charge in [-0.3, -0.25) is 9.69 Å². The molecule has 1 heterocycles. The number of hydrogen-bond acceptors (Lipinski definition) is 4. The number of nitrogens with one attached hydrogen (secondary N) is 1. The van der Waals surface area contributed by atoms with E-state index in [-0.39, 0.29) is 5.91 Å². The van der Waals surface area contributed by atoms with Crippen LogP contribution in [0.2, 0.25) is 0 Å². The van der Waals surface area contributed by atoms with Crippen molar-refractivity contribution in [2.75, 3.05) is 33.3 Å². The van der Waals surface area contributed by atoms with Gasteiger partial charge in [-0.2, -0.15) is 0 Å². The fourth-order valence-electron chi connectivity index (χ4n) is 2.31. The minimum absolute atomic E-state index is 0.117. The molecule has 2 rings (SSSR count). The van der Waals surface area contributed by atoms with Gasteiger partial charge in [-0.15, -0.1) is 0 Å². The Labute approximate surface area is 125 Å². The first-order chi connectivity index (χ1) is 10.2. The average Bonchev–Trinajstić information content (AvgIpc) is 2.70. The van der Waals surface area contributed by atoms with Crippen molar-refractivity contribution in [1.82, 2.24) is 10.2 Å². The lowest BCUT2D eigenvalue weighted by atomic mass is 10.1. The summed E-state index contributed by atoms with van der Waals surface area (Å²) in [6, 6.07) is 5.86. The van der Waals surface area contributed by atoms with Crippen molar-refractivity contribution >= 4 is 5.91 Å². The molecule has 5 heteroatoms. The molecule has 0 aromatic heterocycles. The second-order valence-corrected chi connectivity index (χ2v) is 4.91. The van der Waals surface area contributed by atoms with E-state index < -0.39 is 0 Å². The van der Waals surface area contributed by atoms with Gasteiger partial charge in [-0.1, -0.05) is 11.8 Å². The summed E-state index contributed by atoms with van der Waals surface area (Å²) >= 11 is 0. The quantitative estimate of drug-likeness (QED) is 0.786. The van der Waals surface area contributed by atoms with Gasteiger partial charge < -0.3 is 15.8 Å². The third kappa shape index (κ3) is 4.48. The van der Waals surface area contributed by atoms with Gasteiger partial charge in [-0.25, -0.2) is 0 Å². The molecule has 1 aliphatic rings. The van der Waals surface area contributed by atoms with Crippen molar-refractivity contribution in [3.63, 3.8) is 0 Å². The molecule has 1 amide bonds. The van der Waals surface area contributed by atoms with Gasteiger partial charge in [0.25, 0.3) is 0 Å². The van der Waals surface area contributed by atoms with Crippen LogP contribution in [0.15, 0.2) is 18.2 Å². The molecule has 0 spiro atoms. The zero-order valence-corrected chi connectivity index (χ0v) is 12.3. The van der Waals surface area contributed by atoms with Crippen molar-refractivity contribution in [3.05, 3.63) is 29.3 Å². The zero-order chi connectivity index (χ0) is 15.1. The Kier molecular flexibility index (Phi) is 5.61. The van der Waals surface area contributed by atoms with Crippen molar-refractivity contribution in [2.24, 2.45) is 5.73 Å². The number of carbonyl (C=O) groups excluding carboxylic acids is 1. The summed E-state index contributed by atoms with van der Waals surface area (Å²) in [5.41, 5.74) is 7.51. The summed E-state index contributed by atoms with van der Waals surface area (Å²) in [6.45, 7) is 3.38. The molecule has 0 unspecified atom stereocenters. The van der Waals surface area contributed by atoms with Crippen LogP contribution < -0.4 is 15.8 Å². The predicted octanol–water partition coefficient (Wildman–Crippen LogP) is 0.327. The van der Waals surface area contributed by atoms with Gasteiger partial charge in [0.05, 0.1) is 13.7 Å². The SMILES string of the molecule is COc1ccc(C#CCN)c(CN2CCNC(=O)CC2)c1. The summed E-state index contributed by atoms with van der Waals surface area (Å²) in [5.74, 6) is 6.92. The van der Waals surface area contributed by atoms with Crippen LogP contribution in [0.5, 0.6) is 5.75 Å². The summed E-state index contributed by atoms with van der Waals surface area (Å²) in [4.78, 5) is 13.6. The number of ether oxygens (including phenoxy) is 1. The van der Waals surface area contributed by atoms with Crippen LogP contribution in [0, 0.1) is 11.8 Å². The number of carbonyl (C=O) groups is 1. The molecule has 0 bridgehead atoms. The van der Waals surface area contributed by atoms with Crippen molar-refractivity contribution in [3.8, 4) is 17.6 Å². The summed E-state index contributed by atoms with van der Waals surface area (Å²) in [7, 11) is 1.65. The van der Waals surface area contributed by atoms with Crippen LogP contribution in [0.25, 0.3) is 0 Å². The van der Waals surface area contributed by atoms with Gasteiger partial charge >= 0.3 is 0 Å². The molecule has 0 atom stereocenters. The maximum Gasteiger partial charge on any atom is 0.221 e. The molecule has 0 aliphatic carbocycles. The molecule has 1 aromatic rings. The number of nitrogens with zero attached hydrogens (tertiary/aromatic N) is 1. The van der Waals surface area contributed by atoms with Crippen LogP contribution in [-0.4, -0.2) is 44.1 Å². The van der Waals surface area contributed by atoms with Gasteiger partial charge in [0.15, 0.2) is 0 Å². The smallest absolute Gasteiger partial charge is 0.221 e. The number of rotatable bonds is 3. The molecule has 1 fully saturated rings. The van der Waals surface area contributed by atoms with Gasteiger partial charge in [-0.05, 0) is 23.8 Å². The summed E-state index contributed by atoms with van der Waals surface area (Å²) in [5, 5.41) is 2.88. The first kappa shape index (κ1) is 15.4. The highest BCUT2D eigenvalue weighted by Gasteiger charge is 2.15. The Hall–Kier alpha value is -2.03. The normalized spacial score (nSPS) is 15.6. The Bertz CT molecular complexity index is 560. The van der Waals surface area contributed by atoms with Crippen molar-refractivity contribution in [1.29, 1.82) is 0 Å². The van der Waals surface area contributed by atoms with Gasteiger partial charge in [0, 0.05) is 38.2 Å². The molecule has 0 radical (unpaired) electrons. The largest absolute Gasteiger partial charge is 0.497 e. The van der Waals surface area contributed by atoms with E-state index in [1.54, 1.807) is 7.11 Å². The maximum absolute atomic E-state index is 11.4. The second-order valence-electron chi connectivity index (χ2n) is 4.91. The van der Waals surface area contributed by atoms with Crippen LogP contribution in [0.4, 0.5) is 0 Å². The molecular formula is C16H21N3O2. The van der Waals surface area contributed by atoms with Gasteiger partial charge in [0.2, 0.25) is 5.91 Å². The van der Waals surface area contributed by atoms with E-state index in [2.05, 4.69) is 22.1 Å². The predicted molar refractivity (Wildman–Crippen MR) is 81.8 cm³/mol. The van der Waals surface area contributed by atoms with Crippen LogP contribution >= 0.6 is 0 Å². The topological polar surface area (TPSA) is 67.6 Å². The third-order valence-corrected chi connectivity index (χ3v) is 3.44. The number of amides is 1. The van der Waals surface area contributed by atoms with E-state index in [1.807, 2.05) is 18.2 Å². The number of benzene rings is 1. The lowest BCUT2D eigenvalue weighted by Crippen LogP contribution is -2.28. The van der Waals surface area contributed by atoms with E-state index in [4.69, 9.17) is 10.5 Å². The van der Waals surface area contributed by atoms with E-state index in [0.717, 1.165) is 36.5 Å². The van der Waals surface area contributed by atoms with Gasteiger partial charge in [0.1, 0.15) is 5.75 Å². The Balaban J connectivity index is 2.17. The average molecular weight is 287 g/mol. The van der Waals surface area contributed by atoms with Crippen molar-refractivity contribution < 1.29 is 9.53 Å². The molecule has 1 aliphatic heterocycles. The molecule has 3 N–H and O–H groups in total. The Morgan fingerprint density at radius 2 is 2.29 bits per heavy atom. The first-order valence-corrected chi connectivity index (χ1v) is 7.08. The minimum Gasteiger partial charge on any atom is -0.497 e. The Morgan fingerprint density at radius 1 is 1.43 bits per heavy atom. The lowest BCUT2D eigenvalue weighted by Gasteiger charge is -2.20. The maximum atomic E-state index is 11.4. The number of hydrogen-bond donors (Lipinski definition) is 2. The Morgan fingerprint density at radius 3 is 3.05 bits per heavy atom. The summed E-state index contributed by atoms with van der Waals surface area (Å²) < 4.78 is 5.29. The first-order valence-electron chi connectivity index (χ1n) is 7.08. The van der Waals surface area contributed by atoms with E-state index in [0.29, 0.717) is 19.5 Å². The van der Waals surface area contributed by atoms with E-state index in [1.165, 1.54) is 0 Å². The highest BCUT2D eigenvalue weighted by atomic mass is 16.5. The van der Waals surface area contributed by atoms with E-state index in [9.17, 15) is 4.79 Å². The van der Waals surface area contributed by atoms with Crippen molar-refractivity contribution in [2.45, 2.75) is 13.0 Å². The second kappa shape index (κ2) is 7.67.